The number of hydrogen-bond donors (Lipinski definition) is 3. The summed E-state index contributed by atoms with van der Waals surface area (Å²) in [7, 11) is -12.6. The van der Waals surface area contributed by atoms with Gasteiger partial charge < -0.3 is 19.5 Å². The van der Waals surface area contributed by atoms with Crippen LogP contribution in [-0.4, -0.2) is 73.4 Å². The monoisotopic (exact) mass is 744 g/mol. The molecule has 0 unspecified atom stereocenters. The average Bonchev–Trinajstić information content (AvgIpc) is 3.25. The predicted octanol–water partition coefficient (Wildman–Crippen LogP) is 3.58. The number of sulfonamides is 2. The smallest absolute Gasteiger partial charge is 0.413 e. The van der Waals surface area contributed by atoms with E-state index in [1.807, 2.05) is 6.92 Å². The molecule has 262 valence electrons. The number of primary sulfonamides is 2. The van der Waals surface area contributed by atoms with Crippen molar-refractivity contribution in [2.24, 2.45) is 10.3 Å². The topological polar surface area (TPSA) is 232 Å². The Hall–Kier alpha value is -3.62. The third-order valence-electron chi connectivity index (χ3n) is 7.37. The number of nitrogens with zero attached hydrogens (tertiary/aromatic N) is 1. The molecule has 0 aliphatic carbocycles. The van der Waals surface area contributed by atoms with Crippen molar-refractivity contribution in [1.82, 2.24) is 4.90 Å². The zero-order valence-electron chi connectivity index (χ0n) is 26.2. The van der Waals surface area contributed by atoms with Gasteiger partial charge in [-0.2, -0.15) is 0 Å². The number of ether oxygens (including phenoxy) is 3. The van der Waals surface area contributed by atoms with Crippen LogP contribution in [0.1, 0.15) is 50.4 Å². The third-order valence-corrected chi connectivity index (χ3v) is 13.7. The van der Waals surface area contributed by atoms with Crippen LogP contribution in [0.25, 0.3) is 0 Å². The van der Waals surface area contributed by atoms with Crippen molar-refractivity contribution in [2.45, 2.75) is 56.2 Å². The Kier molecular flexibility index (Phi) is 11.5. The van der Waals surface area contributed by atoms with Gasteiger partial charge in [0.05, 0.1) is 22.5 Å². The molecule has 2 aliphatic heterocycles. The van der Waals surface area contributed by atoms with Crippen LogP contribution in [0.15, 0.2) is 67.5 Å². The number of esters is 1. The van der Waals surface area contributed by atoms with Gasteiger partial charge in [-0.3, -0.25) is 4.90 Å². The molecule has 0 aromatic heterocycles. The average molecular weight is 745 g/mol. The van der Waals surface area contributed by atoms with Gasteiger partial charge in [0, 0.05) is 13.1 Å². The molecule has 19 heteroatoms. The second kappa shape index (κ2) is 14.9. The lowest BCUT2D eigenvalue weighted by atomic mass is 10.0. The Labute approximate surface area is 283 Å². The van der Waals surface area contributed by atoms with Crippen molar-refractivity contribution in [2.75, 3.05) is 25.2 Å². The van der Waals surface area contributed by atoms with Crippen LogP contribution in [-0.2, 0) is 39.4 Å². The molecule has 0 spiro atoms. The van der Waals surface area contributed by atoms with Crippen molar-refractivity contribution in [3.05, 3.63) is 68.2 Å². The molecule has 0 radical (unpaired) electrons. The van der Waals surface area contributed by atoms with Gasteiger partial charge >= 0.3 is 12.1 Å². The first-order valence-corrected chi connectivity index (χ1v) is 20.1. The van der Waals surface area contributed by atoms with E-state index < -0.39 is 69.2 Å². The van der Waals surface area contributed by atoms with E-state index in [9.17, 15) is 34.8 Å². The number of carbonyl (C=O) groups excluding carboxylic acids is 2. The van der Waals surface area contributed by atoms with Gasteiger partial charge in [-0.15, -0.1) is 0 Å². The molecule has 0 saturated carbocycles. The van der Waals surface area contributed by atoms with E-state index in [4.69, 9.17) is 24.5 Å². The van der Waals surface area contributed by atoms with E-state index in [0.717, 1.165) is 17.4 Å². The molecular weight excluding hydrogens is 709 g/mol. The highest BCUT2D eigenvalue weighted by molar-refractivity contribution is 8.27. The molecule has 48 heavy (non-hydrogen) atoms. The first kappa shape index (κ1) is 37.2. The number of sulfone groups is 1. The van der Waals surface area contributed by atoms with E-state index in [1.54, 1.807) is 37.3 Å². The summed E-state index contributed by atoms with van der Waals surface area (Å²) in [5.74, 6) is -0.874. The Bertz CT molecular complexity index is 1960. The quantitative estimate of drug-likeness (QED) is 0.151. The Balaban J connectivity index is 1.57. The lowest BCUT2D eigenvalue weighted by Gasteiger charge is -2.31. The first-order chi connectivity index (χ1) is 22.5. The van der Waals surface area contributed by atoms with Crippen molar-refractivity contribution in [3.8, 4) is 11.5 Å². The fourth-order valence-electron chi connectivity index (χ4n) is 4.93. The highest BCUT2D eigenvalue weighted by Gasteiger charge is 2.45. The fraction of sp³-hybridized carbons (Fsp3) is 0.379. The number of para-hydroxylation sites is 1. The molecule has 2 aliphatic rings. The highest BCUT2D eigenvalue weighted by atomic mass is 32.3. The molecule has 0 bridgehead atoms. The summed E-state index contributed by atoms with van der Waals surface area (Å²) in [5, 5.41) is 13.0. The van der Waals surface area contributed by atoms with Crippen LogP contribution in [0, 0.1) is 0 Å². The summed E-state index contributed by atoms with van der Waals surface area (Å²) < 4.78 is 91.1. The number of amides is 1. The molecule has 2 aromatic carbocycles. The van der Waals surface area contributed by atoms with Gasteiger partial charge in [-0.25, -0.2) is 45.1 Å². The number of benzene rings is 2. The summed E-state index contributed by atoms with van der Waals surface area (Å²) in [4.78, 5) is 26.9. The van der Waals surface area contributed by atoms with Crippen molar-refractivity contribution in [1.29, 1.82) is 0 Å². The number of rotatable bonds is 13. The SMILES string of the molecule is CCCCNc1cc(C(=O)OCOC(=O)N(CC)[C@H]2C=C(S(N)(=O)=O)SC3=C2C[C@H](C)S3(=O)=O)cc(S(N)(=O)=O)c1Oc1ccccc1. The zero-order chi connectivity index (χ0) is 35.4. The molecule has 1 amide bonds. The molecule has 0 fully saturated rings. The van der Waals surface area contributed by atoms with Gasteiger partial charge in [0.2, 0.25) is 26.8 Å². The fourth-order valence-corrected chi connectivity index (χ4v) is 10.1. The minimum absolute atomic E-state index is 0.0465. The summed E-state index contributed by atoms with van der Waals surface area (Å²) in [6.45, 7) is 4.44. The zero-order valence-corrected chi connectivity index (χ0v) is 29.5. The standard InChI is InChI=1S/C29H36N4O11S4/c1-4-6-12-32-22-14-19(15-24(47(30,38)39)26(22)44-20-10-8-7-9-11-20)27(34)42-17-43-29(35)33(5-2)23-16-25(48(31,40)41)45-28-21(23)13-18(3)46(28,36)37/h7-11,14-16,18,23,32H,4-6,12-13,17H2,1-3H3,(H2,30,38,39)(H2,31,40,41)/t18-,23-/m0/s1. The summed E-state index contributed by atoms with van der Waals surface area (Å²) in [5.41, 5.74) is 0.219. The Morgan fingerprint density at radius 1 is 1.04 bits per heavy atom. The van der Waals surface area contributed by atoms with E-state index in [-0.39, 0.29) is 34.2 Å². The highest BCUT2D eigenvalue weighted by Crippen LogP contribution is 2.49. The largest absolute Gasteiger partial charge is 0.454 e. The van der Waals surface area contributed by atoms with E-state index in [0.29, 0.717) is 36.1 Å². The number of hydrogen-bond acceptors (Lipinski definition) is 13. The van der Waals surface area contributed by atoms with E-state index in [2.05, 4.69) is 5.32 Å². The maximum atomic E-state index is 13.2. The van der Waals surface area contributed by atoms with Crippen LogP contribution in [0.5, 0.6) is 11.5 Å². The lowest BCUT2D eigenvalue weighted by molar-refractivity contribution is -0.0127. The second-order valence-electron chi connectivity index (χ2n) is 10.8. The molecule has 2 aromatic rings. The van der Waals surface area contributed by atoms with E-state index in [1.165, 1.54) is 19.1 Å². The van der Waals surface area contributed by atoms with Gasteiger partial charge in [0.25, 0.3) is 0 Å². The van der Waals surface area contributed by atoms with Crippen LogP contribution in [0.3, 0.4) is 0 Å². The first-order valence-electron chi connectivity index (χ1n) is 14.7. The lowest BCUT2D eigenvalue weighted by Crippen LogP contribution is -2.42. The van der Waals surface area contributed by atoms with Gasteiger partial charge in [0.1, 0.15) is 19.1 Å². The minimum atomic E-state index is -4.43. The molecule has 15 nitrogen and oxygen atoms in total. The van der Waals surface area contributed by atoms with Crippen molar-refractivity contribution < 1.29 is 49.1 Å². The molecule has 2 atom stereocenters. The molecular formula is C29H36N4O11S4. The molecule has 4 rings (SSSR count). The van der Waals surface area contributed by atoms with Crippen LogP contribution in [0.2, 0.25) is 0 Å². The predicted molar refractivity (Wildman–Crippen MR) is 179 cm³/mol. The number of nitrogens with one attached hydrogen (secondary N) is 1. The van der Waals surface area contributed by atoms with Crippen LogP contribution >= 0.6 is 11.8 Å². The Morgan fingerprint density at radius 2 is 1.73 bits per heavy atom. The summed E-state index contributed by atoms with van der Waals surface area (Å²) >= 11 is 0.520. The second-order valence-corrected chi connectivity index (χ2v) is 17.7. The number of thioether (sulfide) groups is 1. The van der Waals surface area contributed by atoms with Crippen LogP contribution < -0.4 is 20.3 Å². The number of nitrogens with two attached hydrogens (primary N) is 2. The molecule has 2 heterocycles. The minimum Gasteiger partial charge on any atom is -0.454 e. The van der Waals surface area contributed by atoms with Crippen molar-refractivity contribution >= 4 is 59.4 Å². The number of unbranched alkanes of at least 4 members (excludes halogenated alkanes) is 1. The normalized spacial score (nSPS) is 18.8. The molecule has 0 saturated heterocycles. The van der Waals surface area contributed by atoms with Gasteiger partial charge in [-0.05, 0) is 62.6 Å². The summed E-state index contributed by atoms with van der Waals surface area (Å²) in [6.07, 6.45) is 1.72. The number of carbonyl (C=O) groups is 2. The molecule has 5 N–H and O–H groups in total. The summed E-state index contributed by atoms with van der Waals surface area (Å²) in [6, 6.07) is 9.54. The maximum absolute atomic E-state index is 13.2. The number of anilines is 1. The van der Waals surface area contributed by atoms with Gasteiger partial charge in [-0.1, -0.05) is 43.3 Å². The number of likely N-dealkylation sites (N-methyl/N-ethyl adjacent to an activating group) is 1. The van der Waals surface area contributed by atoms with Crippen LogP contribution in [0.4, 0.5) is 10.5 Å². The third kappa shape index (κ3) is 8.32. The Morgan fingerprint density at radius 3 is 2.33 bits per heavy atom. The van der Waals surface area contributed by atoms with Gasteiger partial charge in [0.15, 0.2) is 15.6 Å². The van der Waals surface area contributed by atoms with Crippen molar-refractivity contribution in [3.63, 3.8) is 0 Å². The van der Waals surface area contributed by atoms with E-state index >= 15 is 0 Å². The maximum Gasteiger partial charge on any atom is 0.413 e.